The highest BCUT2D eigenvalue weighted by Crippen LogP contribution is 2.41. The quantitative estimate of drug-likeness (QED) is 0.738. The summed E-state index contributed by atoms with van der Waals surface area (Å²) in [5, 5.41) is 1.29. The predicted molar refractivity (Wildman–Crippen MR) is 93.1 cm³/mol. The summed E-state index contributed by atoms with van der Waals surface area (Å²) in [5.41, 5.74) is 5.41. The fourth-order valence-electron chi connectivity index (χ4n) is 3.53. The number of aromatic nitrogens is 3. The molecule has 1 aliphatic carbocycles. The Bertz CT molecular complexity index is 866. The molecule has 0 saturated heterocycles. The summed E-state index contributed by atoms with van der Waals surface area (Å²) in [6, 6.07) is 0. The fraction of sp³-hybridized carbons (Fsp3) is 0.471. The van der Waals surface area contributed by atoms with Crippen LogP contribution in [-0.4, -0.2) is 29.0 Å². The van der Waals surface area contributed by atoms with Crippen LogP contribution in [0, 0.1) is 0 Å². The largest absolute Gasteiger partial charge is 0.361 e. The van der Waals surface area contributed by atoms with Crippen molar-refractivity contribution in [2.45, 2.75) is 39.0 Å². The number of hydrogen-bond acceptors (Lipinski definition) is 5. The van der Waals surface area contributed by atoms with Crippen LogP contribution in [0.3, 0.4) is 0 Å². The van der Waals surface area contributed by atoms with Gasteiger partial charge in [-0.05, 0) is 36.8 Å². The summed E-state index contributed by atoms with van der Waals surface area (Å²) in [5.74, 6) is 0.997. The average Bonchev–Trinajstić information content (AvgIpc) is 3.10. The molecular formula is C17H20N4S. The monoisotopic (exact) mass is 312 g/mol. The molecular weight excluding hydrogens is 292 g/mol. The van der Waals surface area contributed by atoms with Gasteiger partial charge < -0.3 is 4.90 Å². The number of anilines is 1. The smallest absolute Gasteiger partial charge is 0.149 e. The number of thiophene rings is 1. The number of hydrogen-bond donors (Lipinski definition) is 0. The Morgan fingerprint density at radius 1 is 1.18 bits per heavy atom. The van der Waals surface area contributed by atoms with Gasteiger partial charge in [0.2, 0.25) is 0 Å². The van der Waals surface area contributed by atoms with Gasteiger partial charge in [-0.2, -0.15) is 0 Å². The molecule has 114 valence electrons. The molecule has 1 aliphatic rings. The summed E-state index contributed by atoms with van der Waals surface area (Å²) >= 11 is 1.74. The van der Waals surface area contributed by atoms with E-state index in [2.05, 4.69) is 21.8 Å². The van der Waals surface area contributed by atoms with Crippen molar-refractivity contribution in [2.75, 3.05) is 19.0 Å². The highest BCUT2D eigenvalue weighted by atomic mass is 32.1. The lowest BCUT2D eigenvalue weighted by molar-refractivity contribution is 0.856. The molecule has 0 fully saturated rings. The van der Waals surface area contributed by atoms with E-state index in [1.165, 1.54) is 35.0 Å². The van der Waals surface area contributed by atoms with Crippen molar-refractivity contribution < 1.29 is 0 Å². The first-order chi connectivity index (χ1) is 10.7. The highest BCUT2D eigenvalue weighted by Gasteiger charge is 2.24. The van der Waals surface area contributed by atoms with Crippen molar-refractivity contribution >= 4 is 37.6 Å². The maximum atomic E-state index is 5.01. The van der Waals surface area contributed by atoms with E-state index in [9.17, 15) is 0 Å². The van der Waals surface area contributed by atoms with Crippen LogP contribution >= 0.6 is 11.3 Å². The zero-order valence-corrected chi connectivity index (χ0v) is 14.1. The fourth-order valence-corrected chi connectivity index (χ4v) is 4.78. The number of pyridine rings is 1. The van der Waals surface area contributed by atoms with Gasteiger partial charge in [0.1, 0.15) is 17.0 Å². The van der Waals surface area contributed by atoms with E-state index in [4.69, 9.17) is 4.98 Å². The molecule has 0 unspecified atom stereocenters. The topological polar surface area (TPSA) is 41.9 Å². The maximum Gasteiger partial charge on any atom is 0.149 e. The van der Waals surface area contributed by atoms with Gasteiger partial charge in [0, 0.05) is 25.2 Å². The van der Waals surface area contributed by atoms with Crippen LogP contribution in [-0.2, 0) is 19.3 Å². The molecule has 3 heterocycles. The third-order valence-electron chi connectivity index (χ3n) is 4.45. The SMILES string of the molecule is CCCc1nc2sc3c(N(C)C)ncnc3c2c2c1CCC2. The van der Waals surface area contributed by atoms with Crippen molar-refractivity contribution in [3.63, 3.8) is 0 Å². The Balaban J connectivity index is 2.10. The van der Waals surface area contributed by atoms with Gasteiger partial charge in [0.25, 0.3) is 0 Å². The third kappa shape index (κ3) is 1.92. The summed E-state index contributed by atoms with van der Waals surface area (Å²) in [7, 11) is 4.07. The molecule has 3 aromatic rings. The van der Waals surface area contributed by atoms with Crippen LogP contribution < -0.4 is 4.90 Å². The van der Waals surface area contributed by atoms with E-state index in [0.717, 1.165) is 40.1 Å². The first-order valence-electron chi connectivity index (χ1n) is 7.95. The molecule has 0 radical (unpaired) electrons. The number of nitrogens with zero attached hydrogens (tertiary/aromatic N) is 4. The zero-order valence-electron chi connectivity index (χ0n) is 13.3. The molecule has 0 N–H and O–H groups in total. The van der Waals surface area contributed by atoms with Crippen molar-refractivity contribution in [1.82, 2.24) is 15.0 Å². The molecule has 0 bridgehead atoms. The molecule has 0 amide bonds. The summed E-state index contributed by atoms with van der Waals surface area (Å²) < 4.78 is 1.16. The Labute approximate surface area is 134 Å². The van der Waals surface area contributed by atoms with Gasteiger partial charge in [0.05, 0.1) is 10.2 Å². The van der Waals surface area contributed by atoms with Gasteiger partial charge in [-0.1, -0.05) is 13.3 Å². The first-order valence-corrected chi connectivity index (χ1v) is 8.77. The second kappa shape index (κ2) is 5.16. The second-order valence-electron chi connectivity index (χ2n) is 6.17. The molecule has 0 atom stereocenters. The van der Waals surface area contributed by atoms with Crippen LogP contribution in [0.2, 0.25) is 0 Å². The minimum atomic E-state index is 0.997. The van der Waals surface area contributed by atoms with Crippen LogP contribution in [0.15, 0.2) is 6.33 Å². The Morgan fingerprint density at radius 2 is 2.00 bits per heavy atom. The zero-order chi connectivity index (χ0) is 15.3. The minimum absolute atomic E-state index is 0.997. The highest BCUT2D eigenvalue weighted by molar-refractivity contribution is 7.26. The van der Waals surface area contributed by atoms with Gasteiger partial charge >= 0.3 is 0 Å². The van der Waals surface area contributed by atoms with Gasteiger partial charge in [-0.15, -0.1) is 11.3 Å². The molecule has 0 saturated carbocycles. The number of fused-ring (bicyclic) bond motifs is 5. The Morgan fingerprint density at radius 3 is 2.77 bits per heavy atom. The standard InChI is InChI=1S/C17H20N4S/c1-4-6-12-10-7-5-8-11(10)13-14-15(22-17(13)20-12)16(21(2)3)19-9-18-14/h9H,4-8H2,1-3H3. The molecule has 22 heavy (non-hydrogen) atoms. The van der Waals surface area contributed by atoms with E-state index in [1.54, 1.807) is 17.7 Å². The second-order valence-corrected chi connectivity index (χ2v) is 7.17. The summed E-state index contributed by atoms with van der Waals surface area (Å²) in [6.07, 6.45) is 7.51. The van der Waals surface area contributed by atoms with E-state index in [0.29, 0.717) is 0 Å². The van der Waals surface area contributed by atoms with Crippen molar-refractivity contribution in [1.29, 1.82) is 0 Å². The lowest BCUT2D eigenvalue weighted by atomic mass is 10.0. The Kier molecular flexibility index (Phi) is 3.26. The average molecular weight is 312 g/mol. The maximum absolute atomic E-state index is 5.01. The van der Waals surface area contributed by atoms with E-state index >= 15 is 0 Å². The van der Waals surface area contributed by atoms with Crippen molar-refractivity contribution in [3.8, 4) is 0 Å². The molecule has 0 aromatic carbocycles. The minimum Gasteiger partial charge on any atom is -0.361 e. The van der Waals surface area contributed by atoms with Gasteiger partial charge in [-0.3, -0.25) is 0 Å². The predicted octanol–water partition coefficient (Wildman–Crippen LogP) is 3.75. The molecule has 4 nitrogen and oxygen atoms in total. The Hall–Kier alpha value is -1.75. The van der Waals surface area contributed by atoms with Gasteiger partial charge in [-0.25, -0.2) is 15.0 Å². The lowest BCUT2D eigenvalue weighted by Gasteiger charge is -2.11. The molecule has 4 rings (SSSR count). The van der Waals surface area contributed by atoms with E-state index < -0.39 is 0 Å². The number of rotatable bonds is 3. The molecule has 0 aliphatic heterocycles. The van der Waals surface area contributed by atoms with Crippen molar-refractivity contribution in [3.05, 3.63) is 23.1 Å². The van der Waals surface area contributed by atoms with Crippen molar-refractivity contribution in [2.24, 2.45) is 0 Å². The van der Waals surface area contributed by atoms with Crippen LogP contribution in [0.25, 0.3) is 20.4 Å². The molecule has 3 aromatic heterocycles. The first kappa shape index (κ1) is 13.9. The van der Waals surface area contributed by atoms with Crippen LogP contribution in [0.1, 0.15) is 36.6 Å². The third-order valence-corrected chi connectivity index (χ3v) is 5.52. The lowest BCUT2D eigenvalue weighted by Crippen LogP contribution is -2.10. The van der Waals surface area contributed by atoms with Crippen LogP contribution in [0.5, 0.6) is 0 Å². The molecule has 0 spiro atoms. The summed E-state index contributed by atoms with van der Waals surface area (Å²) in [4.78, 5) is 17.3. The van der Waals surface area contributed by atoms with E-state index in [-0.39, 0.29) is 0 Å². The number of aryl methyl sites for hydroxylation is 2. The van der Waals surface area contributed by atoms with Crippen LogP contribution in [0.4, 0.5) is 5.82 Å². The molecule has 5 heteroatoms. The summed E-state index contributed by atoms with van der Waals surface area (Å²) in [6.45, 7) is 2.23. The van der Waals surface area contributed by atoms with Gasteiger partial charge in [0.15, 0.2) is 0 Å². The normalized spacial score (nSPS) is 14.0. The van der Waals surface area contributed by atoms with E-state index in [1.807, 2.05) is 14.1 Å².